The lowest BCUT2D eigenvalue weighted by Gasteiger charge is -2.05. The monoisotopic (exact) mass is 298 g/mol. The number of thiazole rings is 1. The normalized spacial score (nSPS) is 11.7. The highest BCUT2D eigenvalue weighted by atomic mass is 32.2. The largest absolute Gasteiger partial charge is 0.392 e. The summed E-state index contributed by atoms with van der Waals surface area (Å²) in [6.45, 7) is 2.00. The van der Waals surface area contributed by atoms with Gasteiger partial charge in [-0.1, -0.05) is 12.1 Å². The van der Waals surface area contributed by atoms with E-state index in [0.29, 0.717) is 5.56 Å². The predicted molar refractivity (Wildman–Crippen MR) is 73.2 cm³/mol. The van der Waals surface area contributed by atoms with Crippen LogP contribution in [-0.2, 0) is 23.2 Å². The molecule has 7 heteroatoms. The smallest absolute Gasteiger partial charge is 0.240 e. The Kier molecular flexibility index (Phi) is 4.31. The second-order valence-corrected chi connectivity index (χ2v) is 7.08. The minimum atomic E-state index is -3.54. The van der Waals surface area contributed by atoms with Crippen LogP contribution in [0.5, 0.6) is 0 Å². The van der Waals surface area contributed by atoms with Crippen molar-refractivity contribution in [2.24, 2.45) is 0 Å². The Morgan fingerprint density at radius 1 is 1.32 bits per heavy atom. The Morgan fingerprint density at radius 2 is 2.00 bits per heavy atom. The highest BCUT2D eigenvalue weighted by Gasteiger charge is 2.14. The number of aliphatic hydroxyl groups excluding tert-OH is 1. The van der Waals surface area contributed by atoms with Crippen LogP contribution in [-0.4, -0.2) is 18.5 Å². The van der Waals surface area contributed by atoms with E-state index in [1.54, 1.807) is 18.3 Å². The zero-order valence-corrected chi connectivity index (χ0v) is 12.0. The number of sulfonamides is 1. The summed E-state index contributed by atoms with van der Waals surface area (Å²) in [5.74, 6) is 0. The van der Waals surface area contributed by atoms with Gasteiger partial charge in [-0.15, -0.1) is 11.3 Å². The van der Waals surface area contributed by atoms with E-state index in [-0.39, 0.29) is 18.0 Å². The molecular formula is C12H14N2O3S2. The summed E-state index contributed by atoms with van der Waals surface area (Å²) >= 11 is 1.46. The first-order valence-corrected chi connectivity index (χ1v) is 7.92. The summed E-state index contributed by atoms with van der Waals surface area (Å²) < 4.78 is 26.5. The van der Waals surface area contributed by atoms with Crippen molar-refractivity contribution < 1.29 is 13.5 Å². The molecule has 1 aromatic carbocycles. The van der Waals surface area contributed by atoms with E-state index in [1.165, 1.54) is 23.5 Å². The molecule has 2 aromatic rings. The highest BCUT2D eigenvalue weighted by molar-refractivity contribution is 7.89. The molecule has 2 rings (SSSR count). The van der Waals surface area contributed by atoms with Gasteiger partial charge in [-0.05, 0) is 24.6 Å². The molecule has 0 aliphatic rings. The van der Waals surface area contributed by atoms with Crippen molar-refractivity contribution >= 4 is 21.4 Å². The molecule has 0 aliphatic carbocycles. The van der Waals surface area contributed by atoms with Crippen molar-refractivity contribution in [3.8, 4) is 0 Å². The van der Waals surface area contributed by atoms with E-state index >= 15 is 0 Å². The first-order chi connectivity index (χ1) is 9.01. The molecule has 0 fully saturated rings. The third-order valence-corrected chi connectivity index (χ3v) is 4.83. The number of nitrogens with zero attached hydrogens (tertiary/aromatic N) is 1. The molecular weight excluding hydrogens is 284 g/mol. The molecule has 0 aliphatic heterocycles. The number of nitrogens with one attached hydrogen (secondary N) is 1. The van der Waals surface area contributed by atoms with Crippen LogP contribution in [0, 0.1) is 6.92 Å². The van der Waals surface area contributed by atoms with Gasteiger partial charge in [0.15, 0.2) is 0 Å². The molecule has 0 saturated carbocycles. The quantitative estimate of drug-likeness (QED) is 0.875. The maximum absolute atomic E-state index is 12.0. The topological polar surface area (TPSA) is 79.3 Å². The number of hydrogen-bond donors (Lipinski definition) is 2. The number of hydrogen-bond acceptors (Lipinski definition) is 5. The van der Waals surface area contributed by atoms with Gasteiger partial charge in [0.1, 0.15) is 5.01 Å². The third kappa shape index (κ3) is 3.60. The Balaban J connectivity index is 2.09. The van der Waals surface area contributed by atoms with E-state index < -0.39 is 10.0 Å². The van der Waals surface area contributed by atoms with Gasteiger partial charge in [-0.3, -0.25) is 0 Å². The van der Waals surface area contributed by atoms with Crippen LogP contribution in [0.2, 0.25) is 0 Å². The molecule has 0 spiro atoms. The molecule has 0 amide bonds. The van der Waals surface area contributed by atoms with Gasteiger partial charge >= 0.3 is 0 Å². The molecule has 0 bridgehead atoms. The molecule has 0 unspecified atom stereocenters. The maximum Gasteiger partial charge on any atom is 0.240 e. The summed E-state index contributed by atoms with van der Waals surface area (Å²) in [6, 6.07) is 6.12. The van der Waals surface area contributed by atoms with Gasteiger partial charge in [0.05, 0.1) is 18.0 Å². The van der Waals surface area contributed by atoms with E-state index in [9.17, 15) is 8.42 Å². The minimum Gasteiger partial charge on any atom is -0.392 e. The number of benzene rings is 1. The third-order valence-electron chi connectivity index (χ3n) is 2.50. The predicted octanol–water partition coefficient (Wildman–Crippen LogP) is 1.42. The average Bonchev–Trinajstić information content (AvgIpc) is 2.82. The van der Waals surface area contributed by atoms with Gasteiger partial charge in [-0.25, -0.2) is 18.1 Å². The molecule has 1 heterocycles. The van der Waals surface area contributed by atoms with Gasteiger partial charge in [-0.2, -0.15) is 0 Å². The van der Waals surface area contributed by atoms with Crippen molar-refractivity contribution in [3.63, 3.8) is 0 Å². The second-order valence-electron chi connectivity index (χ2n) is 3.99. The van der Waals surface area contributed by atoms with Gasteiger partial charge < -0.3 is 5.11 Å². The summed E-state index contributed by atoms with van der Waals surface area (Å²) in [7, 11) is -3.54. The number of rotatable bonds is 5. The average molecular weight is 298 g/mol. The van der Waals surface area contributed by atoms with Gasteiger partial charge in [0.2, 0.25) is 10.0 Å². The van der Waals surface area contributed by atoms with E-state index in [0.717, 1.165) is 9.88 Å². The van der Waals surface area contributed by atoms with Crippen LogP contribution in [0.3, 0.4) is 0 Å². The maximum atomic E-state index is 12.0. The van der Waals surface area contributed by atoms with E-state index in [1.807, 2.05) is 6.92 Å². The van der Waals surface area contributed by atoms with Crippen molar-refractivity contribution in [2.75, 3.05) is 0 Å². The summed E-state index contributed by atoms with van der Waals surface area (Å²) in [5, 5.41) is 9.64. The van der Waals surface area contributed by atoms with Crippen molar-refractivity contribution in [1.82, 2.24) is 9.71 Å². The van der Waals surface area contributed by atoms with Crippen LogP contribution in [0.15, 0.2) is 35.4 Å². The lowest BCUT2D eigenvalue weighted by atomic mass is 10.2. The fraction of sp³-hybridized carbons (Fsp3) is 0.250. The molecule has 2 N–H and O–H groups in total. The Morgan fingerprint density at radius 3 is 2.53 bits per heavy atom. The zero-order chi connectivity index (χ0) is 13.9. The first-order valence-electron chi connectivity index (χ1n) is 5.62. The van der Waals surface area contributed by atoms with E-state index in [4.69, 9.17) is 5.11 Å². The van der Waals surface area contributed by atoms with Crippen molar-refractivity contribution in [3.05, 3.63) is 45.9 Å². The van der Waals surface area contributed by atoms with Crippen LogP contribution in [0.1, 0.15) is 15.4 Å². The number of aliphatic hydroxyl groups is 1. The van der Waals surface area contributed by atoms with Crippen LogP contribution in [0.25, 0.3) is 0 Å². The fourth-order valence-electron chi connectivity index (χ4n) is 1.50. The first kappa shape index (κ1) is 14.1. The SMILES string of the molecule is Cc1cnc(CNS(=O)(=O)c2ccc(CO)cc2)s1. The van der Waals surface area contributed by atoms with Crippen LogP contribution >= 0.6 is 11.3 Å². The van der Waals surface area contributed by atoms with Crippen molar-refractivity contribution in [2.45, 2.75) is 25.0 Å². The lowest BCUT2D eigenvalue weighted by molar-refractivity contribution is 0.282. The molecule has 0 radical (unpaired) electrons. The van der Waals surface area contributed by atoms with Gasteiger partial charge in [0, 0.05) is 11.1 Å². The summed E-state index contributed by atoms with van der Waals surface area (Å²) in [6.07, 6.45) is 1.71. The molecule has 19 heavy (non-hydrogen) atoms. The highest BCUT2D eigenvalue weighted by Crippen LogP contribution is 2.14. The van der Waals surface area contributed by atoms with Crippen LogP contribution < -0.4 is 4.72 Å². The lowest BCUT2D eigenvalue weighted by Crippen LogP contribution is -2.23. The Hall–Kier alpha value is -1.28. The molecule has 5 nitrogen and oxygen atoms in total. The molecule has 1 aromatic heterocycles. The molecule has 102 valence electrons. The molecule has 0 saturated heterocycles. The van der Waals surface area contributed by atoms with Crippen LogP contribution in [0.4, 0.5) is 0 Å². The molecule has 0 atom stereocenters. The zero-order valence-electron chi connectivity index (χ0n) is 10.3. The standard InChI is InChI=1S/C12H14N2O3S2/c1-9-6-13-12(18-9)7-14-19(16,17)11-4-2-10(8-15)3-5-11/h2-6,14-15H,7-8H2,1H3. The summed E-state index contributed by atoms with van der Waals surface area (Å²) in [4.78, 5) is 5.32. The van der Waals surface area contributed by atoms with Gasteiger partial charge in [0.25, 0.3) is 0 Å². The number of aryl methyl sites for hydroxylation is 1. The fourth-order valence-corrected chi connectivity index (χ4v) is 3.30. The summed E-state index contributed by atoms with van der Waals surface area (Å²) in [5.41, 5.74) is 0.675. The second kappa shape index (κ2) is 5.79. The number of aromatic nitrogens is 1. The minimum absolute atomic E-state index is 0.105. The van der Waals surface area contributed by atoms with E-state index in [2.05, 4.69) is 9.71 Å². The Bertz CT molecular complexity index is 648. The Labute approximate surface area is 116 Å². The van der Waals surface area contributed by atoms with Crippen molar-refractivity contribution in [1.29, 1.82) is 0 Å².